The molecule has 0 atom stereocenters. The van der Waals surface area contributed by atoms with E-state index < -0.39 is 0 Å². The van der Waals surface area contributed by atoms with Gasteiger partial charge in [0.15, 0.2) is 5.13 Å². The molecule has 0 unspecified atom stereocenters. The van der Waals surface area contributed by atoms with Crippen molar-refractivity contribution < 1.29 is 0 Å². The quantitative estimate of drug-likeness (QED) is 0.542. The molecule has 23 heavy (non-hydrogen) atoms. The van der Waals surface area contributed by atoms with Crippen LogP contribution in [0.1, 0.15) is 10.4 Å². The summed E-state index contributed by atoms with van der Waals surface area (Å²) in [4.78, 5) is 9.36. The number of hydrogen-bond acceptors (Lipinski definition) is 3. The van der Waals surface area contributed by atoms with E-state index in [0.717, 1.165) is 22.9 Å². The molecule has 0 spiro atoms. The Hall–Kier alpha value is -2.59. The molecule has 4 heteroatoms. The number of anilines is 1. The third-order valence-corrected chi connectivity index (χ3v) is 4.86. The summed E-state index contributed by atoms with van der Waals surface area (Å²) in [6.07, 6.45) is 2.05. The summed E-state index contributed by atoms with van der Waals surface area (Å²) in [5, 5.41) is 5.61. The van der Waals surface area contributed by atoms with Crippen LogP contribution in [0.15, 0.2) is 60.8 Å². The molecule has 0 saturated heterocycles. The summed E-state index contributed by atoms with van der Waals surface area (Å²) >= 11 is 1.70. The van der Waals surface area contributed by atoms with Crippen molar-refractivity contribution in [3.05, 3.63) is 71.2 Å². The number of aryl methyl sites for hydroxylation is 1. The SMILES string of the molecule is Cc1sc(NCc2ccccc2)nc1-c1c[nH]c2ccccc12. The van der Waals surface area contributed by atoms with Crippen LogP contribution in [0.2, 0.25) is 0 Å². The minimum absolute atomic E-state index is 0.793. The van der Waals surface area contributed by atoms with Gasteiger partial charge in [-0.3, -0.25) is 0 Å². The molecule has 114 valence electrons. The van der Waals surface area contributed by atoms with Gasteiger partial charge in [0.1, 0.15) is 0 Å². The molecular weight excluding hydrogens is 302 g/mol. The van der Waals surface area contributed by atoms with Gasteiger partial charge in [-0.15, -0.1) is 11.3 Å². The Labute approximate surface area is 139 Å². The number of thiazole rings is 1. The first-order chi connectivity index (χ1) is 11.3. The van der Waals surface area contributed by atoms with Crippen molar-refractivity contribution in [1.82, 2.24) is 9.97 Å². The molecule has 0 saturated carbocycles. The molecule has 3 nitrogen and oxygen atoms in total. The molecule has 4 rings (SSSR count). The molecule has 0 aliphatic carbocycles. The van der Waals surface area contributed by atoms with Crippen LogP contribution in [0.3, 0.4) is 0 Å². The zero-order chi connectivity index (χ0) is 15.6. The van der Waals surface area contributed by atoms with Gasteiger partial charge in [0.05, 0.1) is 5.69 Å². The van der Waals surface area contributed by atoms with Gasteiger partial charge < -0.3 is 10.3 Å². The molecule has 0 aliphatic rings. The van der Waals surface area contributed by atoms with E-state index in [2.05, 4.69) is 59.7 Å². The van der Waals surface area contributed by atoms with Crippen LogP contribution >= 0.6 is 11.3 Å². The number of hydrogen-bond donors (Lipinski definition) is 2. The van der Waals surface area contributed by atoms with Crippen LogP contribution in [0.25, 0.3) is 22.2 Å². The van der Waals surface area contributed by atoms with E-state index >= 15 is 0 Å². The van der Waals surface area contributed by atoms with Crippen molar-refractivity contribution in [3.63, 3.8) is 0 Å². The molecule has 0 fully saturated rings. The first-order valence-corrected chi connectivity index (χ1v) is 8.44. The smallest absolute Gasteiger partial charge is 0.183 e. The molecule has 4 aromatic rings. The van der Waals surface area contributed by atoms with Gasteiger partial charge in [-0.25, -0.2) is 4.98 Å². The van der Waals surface area contributed by atoms with Gasteiger partial charge in [0.25, 0.3) is 0 Å². The van der Waals surface area contributed by atoms with Crippen molar-refractivity contribution in [1.29, 1.82) is 0 Å². The first kappa shape index (κ1) is 14.0. The fourth-order valence-electron chi connectivity index (χ4n) is 2.76. The number of fused-ring (bicyclic) bond motifs is 1. The van der Waals surface area contributed by atoms with Crippen molar-refractivity contribution in [2.45, 2.75) is 13.5 Å². The van der Waals surface area contributed by atoms with E-state index in [-0.39, 0.29) is 0 Å². The number of nitrogens with one attached hydrogen (secondary N) is 2. The predicted octanol–water partition coefficient (Wildman–Crippen LogP) is 5.21. The van der Waals surface area contributed by atoms with Gasteiger partial charge in [-0.2, -0.15) is 0 Å². The highest BCUT2D eigenvalue weighted by molar-refractivity contribution is 7.16. The Kier molecular flexibility index (Phi) is 3.60. The number of aromatic nitrogens is 2. The third-order valence-electron chi connectivity index (χ3n) is 3.93. The lowest BCUT2D eigenvalue weighted by molar-refractivity contribution is 1.13. The van der Waals surface area contributed by atoms with Crippen LogP contribution in [-0.2, 0) is 6.54 Å². The topological polar surface area (TPSA) is 40.7 Å². The van der Waals surface area contributed by atoms with Crippen molar-refractivity contribution in [2.75, 3.05) is 5.32 Å². The average Bonchev–Trinajstić information content (AvgIpc) is 3.17. The summed E-state index contributed by atoms with van der Waals surface area (Å²) in [5.41, 5.74) is 4.63. The Morgan fingerprint density at radius 2 is 1.83 bits per heavy atom. The monoisotopic (exact) mass is 319 g/mol. The minimum Gasteiger partial charge on any atom is -0.360 e. The van der Waals surface area contributed by atoms with Crippen molar-refractivity contribution in [3.8, 4) is 11.3 Å². The molecule has 2 aromatic carbocycles. The van der Waals surface area contributed by atoms with Gasteiger partial charge in [-0.05, 0) is 18.6 Å². The van der Waals surface area contributed by atoms with Crippen molar-refractivity contribution in [2.24, 2.45) is 0 Å². The Morgan fingerprint density at radius 3 is 2.70 bits per heavy atom. The number of nitrogens with zero attached hydrogens (tertiary/aromatic N) is 1. The lowest BCUT2D eigenvalue weighted by Gasteiger charge is -2.01. The lowest BCUT2D eigenvalue weighted by atomic mass is 10.1. The van der Waals surface area contributed by atoms with Crippen LogP contribution in [-0.4, -0.2) is 9.97 Å². The average molecular weight is 319 g/mol. The highest BCUT2D eigenvalue weighted by Gasteiger charge is 2.13. The van der Waals surface area contributed by atoms with Gasteiger partial charge in [-0.1, -0.05) is 48.5 Å². The normalized spacial score (nSPS) is 11.0. The Morgan fingerprint density at radius 1 is 1.04 bits per heavy atom. The van der Waals surface area contributed by atoms with Gasteiger partial charge in [0, 0.05) is 34.1 Å². The molecule has 0 aliphatic heterocycles. The lowest BCUT2D eigenvalue weighted by Crippen LogP contribution is -1.98. The second-order valence-corrected chi connectivity index (χ2v) is 6.71. The first-order valence-electron chi connectivity index (χ1n) is 7.63. The summed E-state index contributed by atoms with van der Waals surface area (Å²) in [6.45, 7) is 2.92. The van der Waals surface area contributed by atoms with E-state index in [0.29, 0.717) is 0 Å². The minimum atomic E-state index is 0.793. The second kappa shape index (κ2) is 5.89. The molecule has 0 bridgehead atoms. The standard InChI is InChI=1S/C19H17N3S/c1-13-18(16-12-20-17-10-6-5-9-15(16)17)22-19(23-13)21-11-14-7-3-2-4-8-14/h2-10,12,20H,11H2,1H3,(H,21,22). The fourth-order valence-corrected chi connectivity index (χ4v) is 3.59. The molecular formula is C19H17N3S. The van der Waals surface area contributed by atoms with Crippen LogP contribution < -0.4 is 5.32 Å². The van der Waals surface area contributed by atoms with Crippen molar-refractivity contribution >= 4 is 27.4 Å². The zero-order valence-corrected chi connectivity index (χ0v) is 13.7. The summed E-state index contributed by atoms with van der Waals surface area (Å²) in [7, 11) is 0. The van der Waals surface area contributed by atoms with E-state index in [9.17, 15) is 0 Å². The highest BCUT2D eigenvalue weighted by atomic mass is 32.1. The maximum atomic E-state index is 4.80. The summed E-state index contributed by atoms with van der Waals surface area (Å²) < 4.78 is 0. The largest absolute Gasteiger partial charge is 0.360 e. The number of aromatic amines is 1. The second-order valence-electron chi connectivity index (χ2n) is 5.51. The molecule has 2 heterocycles. The third kappa shape index (κ3) is 2.73. The number of rotatable bonds is 4. The Balaban J connectivity index is 1.62. The van der Waals surface area contributed by atoms with E-state index in [4.69, 9.17) is 4.98 Å². The van der Waals surface area contributed by atoms with Crippen LogP contribution in [0.5, 0.6) is 0 Å². The number of para-hydroxylation sites is 1. The van der Waals surface area contributed by atoms with Gasteiger partial charge >= 0.3 is 0 Å². The summed E-state index contributed by atoms with van der Waals surface area (Å²) in [5.74, 6) is 0. The highest BCUT2D eigenvalue weighted by Crippen LogP contribution is 2.34. The van der Waals surface area contributed by atoms with Gasteiger partial charge in [0.2, 0.25) is 0 Å². The van der Waals surface area contributed by atoms with Crippen LogP contribution in [0.4, 0.5) is 5.13 Å². The number of H-pyrrole nitrogens is 1. The van der Waals surface area contributed by atoms with E-state index in [1.165, 1.54) is 21.4 Å². The molecule has 0 radical (unpaired) electrons. The maximum Gasteiger partial charge on any atom is 0.183 e. The molecule has 0 amide bonds. The fraction of sp³-hybridized carbons (Fsp3) is 0.105. The maximum absolute atomic E-state index is 4.80. The molecule has 2 N–H and O–H groups in total. The molecule has 2 aromatic heterocycles. The van der Waals surface area contributed by atoms with Crippen LogP contribution in [0, 0.1) is 6.92 Å². The zero-order valence-electron chi connectivity index (χ0n) is 12.8. The summed E-state index contributed by atoms with van der Waals surface area (Å²) in [6, 6.07) is 18.7. The van der Waals surface area contributed by atoms with E-state index in [1.54, 1.807) is 11.3 Å². The Bertz CT molecular complexity index is 938. The predicted molar refractivity (Wildman–Crippen MR) is 97.9 cm³/mol. The van der Waals surface area contributed by atoms with E-state index in [1.807, 2.05) is 18.3 Å². The number of benzene rings is 2.